The second-order valence-electron chi connectivity index (χ2n) is 4.28. The Morgan fingerprint density at radius 1 is 1.37 bits per heavy atom. The van der Waals surface area contributed by atoms with E-state index in [-0.39, 0.29) is 10.6 Å². The normalized spacial score (nSPS) is 10.7. The summed E-state index contributed by atoms with van der Waals surface area (Å²) in [6.45, 7) is 3.63. The van der Waals surface area contributed by atoms with Gasteiger partial charge in [0.15, 0.2) is 0 Å². The van der Waals surface area contributed by atoms with Crippen LogP contribution in [0.1, 0.15) is 16.8 Å². The lowest BCUT2D eigenvalue weighted by atomic mass is 10.1. The van der Waals surface area contributed by atoms with E-state index in [1.807, 2.05) is 6.92 Å². The van der Waals surface area contributed by atoms with Crippen LogP contribution >= 0.6 is 15.9 Å². The van der Waals surface area contributed by atoms with Crippen molar-refractivity contribution >= 4 is 21.6 Å². The van der Waals surface area contributed by atoms with Gasteiger partial charge >= 0.3 is 0 Å². The molecule has 0 N–H and O–H groups in total. The quantitative estimate of drug-likeness (QED) is 0.492. The van der Waals surface area contributed by atoms with Crippen LogP contribution in [0.15, 0.2) is 18.3 Å². The summed E-state index contributed by atoms with van der Waals surface area (Å²) in [5.74, 6) is 0. The maximum absolute atomic E-state index is 11.0. The molecule has 0 atom stereocenters. The number of hydrogen-bond donors (Lipinski definition) is 0. The highest BCUT2D eigenvalue weighted by molar-refractivity contribution is 9.09. The monoisotopic (exact) mass is 324 g/mol. The van der Waals surface area contributed by atoms with E-state index in [1.54, 1.807) is 23.9 Å². The molecular weight excluding hydrogens is 312 g/mol. The van der Waals surface area contributed by atoms with Crippen molar-refractivity contribution in [2.45, 2.75) is 20.3 Å². The molecule has 19 heavy (non-hydrogen) atoms. The van der Waals surface area contributed by atoms with Crippen LogP contribution in [-0.2, 0) is 6.42 Å². The van der Waals surface area contributed by atoms with E-state index < -0.39 is 0 Å². The third-order valence-electron chi connectivity index (χ3n) is 2.85. The molecule has 0 saturated carbocycles. The molecule has 0 fully saturated rings. The van der Waals surface area contributed by atoms with Gasteiger partial charge in [-0.2, -0.15) is 0 Å². The molecule has 0 bridgehead atoms. The first-order valence-electron chi connectivity index (χ1n) is 5.76. The van der Waals surface area contributed by atoms with Crippen molar-refractivity contribution in [2.75, 3.05) is 5.33 Å². The van der Waals surface area contributed by atoms with Gasteiger partial charge in [0.2, 0.25) is 0 Å². The molecule has 0 aliphatic carbocycles. The zero-order valence-electron chi connectivity index (χ0n) is 10.6. The van der Waals surface area contributed by atoms with E-state index in [9.17, 15) is 10.1 Å². The van der Waals surface area contributed by atoms with Gasteiger partial charge in [-0.3, -0.25) is 10.1 Å². The van der Waals surface area contributed by atoms with Crippen LogP contribution in [-0.4, -0.2) is 25.2 Å². The summed E-state index contributed by atoms with van der Waals surface area (Å²) in [6, 6.07) is 3.33. The van der Waals surface area contributed by atoms with Crippen LogP contribution in [0.25, 0.3) is 5.69 Å². The summed E-state index contributed by atoms with van der Waals surface area (Å²) in [5, 5.41) is 19.8. The largest absolute Gasteiger partial charge is 0.274 e. The molecule has 2 aromatic rings. The second kappa shape index (κ2) is 5.48. The Bertz CT molecular complexity index is 624. The van der Waals surface area contributed by atoms with Crippen molar-refractivity contribution in [2.24, 2.45) is 0 Å². The fourth-order valence-corrected chi connectivity index (χ4v) is 2.31. The van der Waals surface area contributed by atoms with E-state index >= 15 is 0 Å². The summed E-state index contributed by atoms with van der Waals surface area (Å²) < 4.78 is 1.58. The second-order valence-corrected chi connectivity index (χ2v) is 5.07. The third kappa shape index (κ3) is 2.81. The van der Waals surface area contributed by atoms with Gasteiger partial charge in [0, 0.05) is 23.4 Å². The number of alkyl halides is 1. The molecule has 1 aromatic carbocycles. The van der Waals surface area contributed by atoms with Gasteiger partial charge in [0.1, 0.15) is 0 Å². The number of nitro groups is 1. The molecule has 7 heteroatoms. The Hall–Kier alpha value is -1.76. The summed E-state index contributed by atoms with van der Waals surface area (Å²) in [7, 11) is 0. The topological polar surface area (TPSA) is 73.8 Å². The smallest absolute Gasteiger partial charge is 0.258 e. The first kappa shape index (κ1) is 13.7. The third-order valence-corrected chi connectivity index (χ3v) is 3.25. The molecule has 1 heterocycles. The molecule has 0 amide bonds. The number of nitrogens with zero attached hydrogens (tertiary/aromatic N) is 4. The average molecular weight is 325 g/mol. The van der Waals surface area contributed by atoms with Gasteiger partial charge in [0.05, 0.1) is 22.5 Å². The SMILES string of the molecule is Cc1cc(C)c([N+](=O)[O-])cc1-n1cc(CCBr)nn1. The minimum atomic E-state index is -0.380. The fraction of sp³-hybridized carbons (Fsp3) is 0.333. The van der Waals surface area contributed by atoms with Crippen LogP contribution in [0.2, 0.25) is 0 Å². The zero-order chi connectivity index (χ0) is 14.0. The number of halogens is 1. The van der Waals surface area contributed by atoms with Crippen molar-refractivity contribution in [1.29, 1.82) is 0 Å². The molecule has 0 aliphatic rings. The van der Waals surface area contributed by atoms with Crippen molar-refractivity contribution in [3.8, 4) is 5.69 Å². The van der Waals surface area contributed by atoms with E-state index in [4.69, 9.17) is 0 Å². The number of aromatic nitrogens is 3. The number of aryl methyl sites for hydroxylation is 3. The Labute approximate surface area is 118 Å². The van der Waals surface area contributed by atoms with Crippen molar-refractivity contribution < 1.29 is 4.92 Å². The van der Waals surface area contributed by atoms with Crippen LogP contribution in [0.4, 0.5) is 5.69 Å². The number of hydrogen-bond acceptors (Lipinski definition) is 4. The molecule has 100 valence electrons. The highest BCUT2D eigenvalue weighted by atomic mass is 79.9. The predicted molar refractivity (Wildman–Crippen MR) is 75.0 cm³/mol. The lowest BCUT2D eigenvalue weighted by Gasteiger charge is -2.06. The Morgan fingerprint density at radius 2 is 2.11 bits per heavy atom. The Balaban J connectivity index is 2.48. The van der Waals surface area contributed by atoms with Gasteiger partial charge in [-0.15, -0.1) is 5.10 Å². The molecule has 0 saturated heterocycles. The van der Waals surface area contributed by atoms with Crippen molar-refractivity contribution in [3.05, 3.63) is 45.3 Å². The first-order valence-corrected chi connectivity index (χ1v) is 6.88. The standard InChI is InChI=1S/C12H13BrN4O2/c1-8-5-9(2)12(17(18)19)6-11(8)16-7-10(3-4-13)14-15-16/h5-7H,3-4H2,1-2H3. The Morgan fingerprint density at radius 3 is 2.74 bits per heavy atom. The average Bonchev–Trinajstić information content (AvgIpc) is 2.77. The van der Waals surface area contributed by atoms with Crippen molar-refractivity contribution in [1.82, 2.24) is 15.0 Å². The molecule has 0 aliphatic heterocycles. The lowest BCUT2D eigenvalue weighted by Crippen LogP contribution is -2.01. The summed E-state index contributed by atoms with van der Waals surface area (Å²) in [6.07, 6.45) is 2.57. The fourth-order valence-electron chi connectivity index (χ4n) is 1.90. The van der Waals surface area contributed by atoms with E-state index in [0.717, 1.165) is 23.0 Å². The number of rotatable bonds is 4. The minimum absolute atomic E-state index is 0.0955. The summed E-state index contributed by atoms with van der Waals surface area (Å²) >= 11 is 3.34. The van der Waals surface area contributed by atoms with Gasteiger partial charge in [0.25, 0.3) is 5.69 Å². The maximum Gasteiger partial charge on any atom is 0.274 e. The van der Waals surface area contributed by atoms with Crippen LogP contribution < -0.4 is 0 Å². The Kier molecular flexibility index (Phi) is 3.94. The summed E-state index contributed by atoms with van der Waals surface area (Å²) in [4.78, 5) is 10.6. The summed E-state index contributed by atoms with van der Waals surface area (Å²) in [5.41, 5.74) is 3.20. The van der Waals surface area contributed by atoms with Gasteiger partial charge in [-0.25, -0.2) is 4.68 Å². The van der Waals surface area contributed by atoms with Crippen LogP contribution in [0.5, 0.6) is 0 Å². The molecule has 1 aromatic heterocycles. The zero-order valence-corrected chi connectivity index (χ0v) is 12.2. The van der Waals surface area contributed by atoms with Crippen molar-refractivity contribution in [3.63, 3.8) is 0 Å². The molecular formula is C12H13BrN4O2. The molecule has 0 radical (unpaired) electrons. The van der Waals surface area contributed by atoms with E-state index in [0.29, 0.717) is 11.3 Å². The molecule has 0 unspecified atom stereocenters. The molecule has 2 rings (SSSR count). The maximum atomic E-state index is 11.0. The number of benzene rings is 1. The van der Waals surface area contributed by atoms with Gasteiger partial charge < -0.3 is 0 Å². The van der Waals surface area contributed by atoms with E-state index in [1.165, 1.54) is 6.07 Å². The van der Waals surface area contributed by atoms with Gasteiger partial charge in [-0.05, 0) is 25.5 Å². The molecule has 6 nitrogen and oxygen atoms in total. The highest BCUT2D eigenvalue weighted by Gasteiger charge is 2.15. The van der Waals surface area contributed by atoms with Crippen LogP contribution in [0.3, 0.4) is 0 Å². The highest BCUT2D eigenvalue weighted by Crippen LogP contribution is 2.24. The van der Waals surface area contributed by atoms with Crippen LogP contribution in [0, 0.1) is 24.0 Å². The predicted octanol–water partition coefficient (Wildman–Crippen LogP) is 2.73. The number of nitro benzene ring substituents is 1. The van der Waals surface area contributed by atoms with Gasteiger partial charge in [-0.1, -0.05) is 21.1 Å². The molecule has 0 spiro atoms. The lowest BCUT2D eigenvalue weighted by molar-refractivity contribution is -0.385. The minimum Gasteiger partial charge on any atom is -0.258 e. The van der Waals surface area contributed by atoms with E-state index in [2.05, 4.69) is 26.2 Å². The first-order chi connectivity index (χ1) is 9.02.